The molecule has 10 atom stereocenters. The zero-order valence-electron chi connectivity index (χ0n) is 30.7. The summed E-state index contributed by atoms with van der Waals surface area (Å²) < 4.78 is 0. The zero-order chi connectivity index (χ0) is 32.5. The van der Waals surface area contributed by atoms with E-state index in [1.165, 1.54) is 161 Å². The van der Waals surface area contributed by atoms with E-state index in [1.54, 1.807) is 0 Å². The fourth-order valence-corrected chi connectivity index (χ4v) is 14.0. The van der Waals surface area contributed by atoms with Crippen molar-refractivity contribution in [3.05, 3.63) is 0 Å². The number of nitrogens with one attached hydrogen (secondary N) is 2. The van der Waals surface area contributed by atoms with Gasteiger partial charge < -0.3 is 15.7 Å². The molecule has 0 aromatic carbocycles. The van der Waals surface area contributed by atoms with Gasteiger partial charge in [-0.05, 0) is 145 Å². The van der Waals surface area contributed by atoms with Crippen LogP contribution in [0.2, 0.25) is 0 Å². The molecule has 1 aliphatic heterocycles. The molecule has 3 N–H and O–H groups in total. The van der Waals surface area contributed by atoms with Crippen LogP contribution >= 0.6 is 0 Å². The first-order valence-electron chi connectivity index (χ1n) is 22.1. The Morgan fingerprint density at radius 1 is 0.604 bits per heavy atom. The van der Waals surface area contributed by atoms with Gasteiger partial charge in [0.1, 0.15) is 0 Å². The number of fused-ring (bicyclic) bond motifs is 5. The van der Waals surface area contributed by atoms with Gasteiger partial charge in [-0.3, -0.25) is 9.69 Å². The van der Waals surface area contributed by atoms with Crippen molar-refractivity contribution < 1.29 is 9.90 Å². The van der Waals surface area contributed by atoms with Gasteiger partial charge in [-0.15, -0.1) is 0 Å². The van der Waals surface area contributed by atoms with Gasteiger partial charge in [0.25, 0.3) is 0 Å². The third-order valence-electron chi connectivity index (χ3n) is 16.5. The van der Waals surface area contributed by atoms with Crippen molar-refractivity contribution in [1.29, 1.82) is 0 Å². The van der Waals surface area contributed by atoms with E-state index >= 15 is 0 Å². The first-order valence-corrected chi connectivity index (χ1v) is 22.1. The van der Waals surface area contributed by atoms with Crippen LogP contribution in [0, 0.1) is 41.4 Å². The molecule has 5 nitrogen and oxygen atoms in total. The number of aliphatic hydroxyl groups is 1. The smallest absolute Gasteiger partial charge is 0.225 e. The molecule has 0 radical (unpaired) electrons. The van der Waals surface area contributed by atoms with Crippen molar-refractivity contribution in [2.24, 2.45) is 41.4 Å². The van der Waals surface area contributed by atoms with Gasteiger partial charge in [-0.1, -0.05) is 70.6 Å². The monoisotopic (exact) mass is 664 g/mol. The van der Waals surface area contributed by atoms with Crippen molar-refractivity contribution >= 4 is 5.91 Å². The summed E-state index contributed by atoms with van der Waals surface area (Å²) in [6, 6.07) is 4.25. The van der Waals surface area contributed by atoms with E-state index < -0.39 is 6.10 Å². The van der Waals surface area contributed by atoms with Crippen molar-refractivity contribution in [2.45, 2.75) is 222 Å². The van der Waals surface area contributed by atoms with E-state index in [2.05, 4.69) is 15.5 Å². The highest BCUT2D eigenvalue weighted by Gasteiger charge is 2.53. The Morgan fingerprint density at radius 3 is 2.00 bits per heavy atom. The van der Waals surface area contributed by atoms with Crippen LogP contribution in [-0.4, -0.2) is 58.3 Å². The summed E-state index contributed by atoms with van der Waals surface area (Å²) >= 11 is 0. The summed E-state index contributed by atoms with van der Waals surface area (Å²) in [6.07, 6.45) is 37.5. The molecule has 7 aliphatic carbocycles. The number of amides is 1. The van der Waals surface area contributed by atoms with E-state index in [1.807, 2.05) is 0 Å². The maximum atomic E-state index is 13.9. The molecular formula is C43H73N3O2. The molecule has 10 unspecified atom stereocenters. The summed E-state index contributed by atoms with van der Waals surface area (Å²) in [4.78, 5) is 17.0. The lowest BCUT2D eigenvalue weighted by molar-refractivity contribution is -0.135. The molecule has 0 aromatic rings. The predicted octanol–water partition coefficient (Wildman–Crippen LogP) is 8.91. The number of carbonyl (C=O) groups is 1. The molecule has 1 heterocycles. The zero-order valence-corrected chi connectivity index (χ0v) is 30.7. The van der Waals surface area contributed by atoms with Gasteiger partial charge in [-0.2, -0.15) is 0 Å². The largest absolute Gasteiger partial charge is 0.392 e. The van der Waals surface area contributed by atoms with Gasteiger partial charge in [0.05, 0.1) is 12.0 Å². The quantitative estimate of drug-likeness (QED) is 0.243. The van der Waals surface area contributed by atoms with Crippen molar-refractivity contribution in [1.82, 2.24) is 15.5 Å². The van der Waals surface area contributed by atoms with Crippen LogP contribution in [0.15, 0.2) is 0 Å². The van der Waals surface area contributed by atoms with Crippen molar-refractivity contribution in [2.75, 3.05) is 0 Å². The number of nitrogens with zero attached hydrogens (tertiary/aromatic N) is 1. The highest BCUT2D eigenvalue weighted by atomic mass is 16.3. The summed E-state index contributed by atoms with van der Waals surface area (Å²) in [5, 5.41) is 19.2. The number of hydrogen-bond acceptors (Lipinski definition) is 4. The second-order valence-corrected chi connectivity index (χ2v) is 19.0. The van der Waals surface area contributed by atoms with Crippen LogP contribution in [0.5, 0.6) is 0 Å². The van der Waals surface area contributed by atoms with Gasteiger partial charge in [0.2, 0.25) is 5.91 Å². The van der Waals surface area contributed by atoms with Gasteiger partial charge in [0.15, 0.2) is 0 Å². The molecule has 5 heteroatoms. The fourth-order valence-electron chi connectivity index (χ4n) is 14.0. The second kappa shape index (κ2) is 15.9. The summed E-state index contributed by atoms with van der Waals surface area (Å²) in [5.74, 6) is 4.40. The van der Waals surface area contributed by atoms with E-state index in [4.69, 9.17) is 0 Å². The number of hydrogen-bond donors (Lipinski definition) is 3. The van der Waals surface area contributed by atoms with E-state index in [-0.39, 0.29) is 11.8 Å². The molecule has 8 aliphatic rings. The maximum Gasteiger partial charge on any atom is 0.225 e. The molecule has 1 saturated heterocycles. The molecule has 272 valence electrons. The normalized spacial score (nSPS) is 44.5. The molecule has 0 spiro atoms. The van der Waals surface area contributed by atoms with Gasteiger partial charge in [-0.25, -0.2) is 0 Å². The highest BCUT2D eigenvalue weighted by Crippen LogP contribution is 2.52. The van der Waals surface area contributed by atoms with Crippen LogP contribution in [0.3, 0.4) is 0 Å². The Labute approximate surface area is 294 Å². The van der Waals surface area contributed by atoms with Gasteiger partial charge >= 0.3 is 0 Å². The van der Waals surface area contributed by atoms with Crippen molar-refractivity contribution in [3.8, 4) is 0 Å². The van der Waals surface area contributed by atoms with Crippen LogP contribution in [0.4, 0.5) is 0 Å². The molecule has 0 bridgehead atoms. The molecular weight excluding hydrogens is 590 g/mol. The average molecular weight is 664 g/mol. The van der Waals surface area contributed by atoms with Crippen LogP contribution < -0.4 is 10.6 Å². The Morgan fingerprint density at radius 2 is 1.25 bits per heavy atom. The SMILES string of the molecule is O=C(NC1CCCCC1CCC1CCC(N(C2CCCCC2)C2CCCCC2)CC1)C1CC2CCC3C4CCCCC4NC3C2CC1O. The summed E-state index contributed by atoms with van der Waals surface area (Å²) in [5.41, 5.74) is 0. The van der Waals surface area contributed by atoms with E-state index in [0.29, 0.717) is 29.8 Å². The van der Waals surface area contributed by atoms with Crippen LogP contribution in [0.25, 0.3) is 0 Å². The molecule has 8 fully saturated rings. The topological polar surface area (TPSA) is 64.6 Å². The lowest BCUT2D eigenvalue weighted by atomic mass is 9.60. The lowest BCUT2D eigenvalue weighted by Crippen LogP contribution is -2.54. The summed E-state index contributed by atoms with van der Waals surface area (Å²) in [6.45, 7) is 0. The standard InChI is InChI=1S/C43H73N3O2/c47-41-28-37-31(23-26-36-35-16-8-10-18-40(35)44-42(36)37)27-38(41)43(48)45-39-17-9-7-11-30(39)22-19-29-20-24-34(25-21-29)46(32-12-3-1-4-13-32)33-14-5-2-6-15-33/h29-42,44,47H,1-28H2,(H,45,48). The van der Waals surface area contributed by atoms with Crippen LogP contribution in [-0.2, 0) is 4.79 Å². The Bertz CT molecular complexity index is 1010. The minimum Gasteiger partial charge on any atom is -0.392 e. The Balaban J connectivity index is 0.818. The Kier molecular flexibility index (Phi) is 11.4. The second-order valence-electron chi connectivity index (χ2n) is 19.0. The molecule has 8 rings (SSSR count). The predicted molar refractivity (Wildman–Crippen MR) is 196 cm³/mol. The number of aliphatic hydroxyl groups excluding tert-OH is 1. The first-order chi connectivity index (χ1) is 23.6. The van der Waals surface area contributed by atoms with E-state index in [9.17, 15) is 9.90 Å². The lowest BCUT2D eigenvalue weighted by Gasteiger charge is -2.48. The molecule has 48 heavy (non-hydrogen) atoms. The van der Waals surface area contributed by atoms with Crippen molar-refractivity contribution in [3.63, 3.8) is 0 Å². The number of carbonyl (C=O) groups excluding carboxylic acids is 1. The number of rotatable bonds is 8. The fraction of sp³-hybridized carbons (Fsp3) is 0.977. The maximum absolute atomic E-state index is 13.9. The minimum absolute atomic E-state index is 0.194. The third kappa shape index (κ3) is 7.46. The Hall–Kier alpha value is -0.650. The highest BCUT2D eigenvalue weighted by molar-refractivity contribution is 5.79. The van der Waals surface area contributed by atoms with E-state index in [0.717, 1.165) is 61.2 Å². The molecule has 0 aromatic heterocycles. The molecule has 1 amide bonds. The third-order valence-corrected chi connectivity index (χ3v) is 16.5. The van der Waals surface area contributed by atoms with Crippen LogP contribution in [0.1, 0.15) is 180 Å². The molecule has 7 saturated carbocycles. The van der Waals surface area contributed by atoms with Gasteiger partial charge in [0, 0.05) is 36.3 Å². The minimum atomic E-state index is -0.464. The summed E-state index contributed by atoms with van der Waals surface area (Å²) in [7, 11) is 0. The average Bonchev–Trinajstić information content (AvgIpc) is 3.52. The first kappa shape index (κ1) is 34.4.